The van der Waals surface area contributed by atoms with Gasteiger partial charge in [-0.3, -0.25) is 9.69 Å². The first-order chi connectivity index (χ1) is 13.7. The number of nitrogens with zero attached hydrogens (tertiary/aromatic N) is 1. The van der Waals surface area contributed by atoms with Crippen LogP contribution in [0.1, 0.15) is 30.4 Å². The number of hydrogen-bond donors (Lipinski definition) is 0. The van der Waals surface area contributed by atoms with E-state index < -0.39 is 0 Å². The molecule has 0 saturated heterocycles. The van der Waals surface area contributed by atoms with Crippen molar-refractivity contribution in [1.29, 1.82) is 0 Å². The minimum Gasteiger partial charge on any atom is -0.456 e. The van der Waals surface area contributed by atoms with Crippen LogP contribution in [0.15, 0.2) is 53.7 Å². The smallest absolute Gasteiger partial charge is 0.336 e. The lowest BCUT2D eigenvalue weighted by Gasteiger charge is -2.32. The van der Waals surface area contributed by atoms with E-state index in [1.807, 2.05) is 42.5 Å². The first-order valence-electron chi connectivity index (χ1n) is 9.37. The van der Waals surface area contributed by atoms with E-state index in [0.717, 1.165) is 17.7 Å². The number of carbonyl (C=O) groups excluding carboxylic acids is 2. The van der Waals surface area contributed by atoms with Gasteiger partial charge in [0.1, 0.15) is 6.61 Å². The Bertz CT molecular complexity index is 1010. The van der Waals surface area contributed by atoms with Gasteiger partial charge in [0.05, 0.1) is 11.3 Å². The topological polar surface area (TPSA) is 65.1 Å². The van der Waals surface area contributed by atoms with Crippen molar-refractivity contribution in [3.63, 3.8) is 0 Å². The predicted octanol–water partition coefficient (Wildman–Crippen LogP) is 3.31. The Morgan fingerprint density at radius 3 is 2.57 bits per heavy atom. The van der Waals surface area contributed by atoms with Gasteiger partial charge in [-0.05, 0) is 41.8 Å². The van der Waals surface area contributed by atoms with E-state index in [9.17, 15) is 9.59 Å². The van der Waals surface area contributed by atoms with Gasteiger partial charge in [-0.25, -0.2) is 4.79 Å². The second-order valence-electron chi connectivity index (χ2n) is 7.06. The van der Waals surface area contributed by atoms with E-state index in [1.165, 1.54) is 5.56 Å². The summed E-state index contributed by atoms with van der Waals surface area (Å²) in [5.74, 6) is 0.547. The average molecular weight is 377 g/mol. The molecule has 142 valence electrons. The van der Waals surface area contributed by atoms with Gasteiger partial charge in [-0.1, -0.05) is 25.1 Å². The molecule has 6 heteroatoms. The molecule has 3 heterocycles. The molecule has 0 fully saturated rings. The largest absolute Gasteiger partial charge is 0.456 e. The normalized spacial score (nSPS) is 20.5. The molecule has 1 amide bonds. The fraction of sp³-hybridized carbons (Fsp3) is 0.273. The van der Waals surface area contributed by atoms with Crippen molar-refractivity contribution in [3.05, 3.63) is 64.9 Å². The molecule has 0 aliphatic carbocycles. The Morgan fingerprint density at radius 2 is 1.79 bits per heavy atom. The van der Waals surface area contributed by atoms with Crippen LogP contribution in [0.5, 0.6) is 11.5 Å². The van der Waals surface area contributed by atoms with Crippen LogP contribution in [-0.4, -0.2) is 25.3 Å². The summed E-state index contributed by atoms with van der Waals surface area (Å²) < 4.78 is 16.1. The maximum atomic E-state index is 13.1. The number of carbonyl (C=O) groups is 2. The highest BCUT2D eigenvalue weighted by atomic mass is 16.7. The third kappa shape index (κ3) is 2.56. The minimum absolute atomic E-state index is 0.0519. The van der Waals surface area contributed by atoms with Crippen LogP contribution in [-0.2, 0) is 20.7 Å². The summed E-state index contributed by atoms with van der Waals surface area (Å²) in [4.78, 5) is 27.2. The Labute approximate surface area is 162 Å². The summed E-state index contributed by atoms with van der Waals surface area (Å²) in [6.45, 7) is 2.37. The third-order valence-electron chi connectivity index (χ3n) is 5.52. The number of aryl methyl sites for hydroxylation is 1. The molecule has 3 aliphatic rings. The van der Waals surface area contributed by atoms with Crippen LogP contribution in [0.2, 0.25) is 0 Å². The molecule has 0 radical (unpaired) electrons. The van der Waals surface area contributed by atoms with Gasteiger partial charge < -0.3 is 14.2 Å². The summed E-state index contributed by atoms with van der Waals surface area (Å²) in [7, 11) is 0. The molecule has 0 aromatic heterocycles. The zero-order valence-corrected chi connectivity index (χ0v) is 15.4. The maximum Gasteiger partial charge on any atom is 0.336 e. The first kappa shape index (κ1) is 16.9. The second-order valence-corrected chi connectivity index (χ2v) is 7.06. The number of hydrogen-bond acceptors (Lipinski definition) is 5. The van der Waals surface area contributed by atoms with Crippen LogP contribution in [0, 0.1) is 0 Å². The van der Waals surface area contributed by atoms with E-state index in [0.29, 0.717) is 22.8 Å². The Kier molecular flexibility index (Phi) is 3.86. The summed E-state index contributed by atoms with van der Waals surface area (Å²) in [5.41, 5.74) is 3.99. The highest BCUT2D eigenvalue weighted by Crippen LogP contribution is 2.44. The van der Waals surface area contributed by atoms with Gasteiger partial charge >= 0.3 is 5.97 Å². The summed E-state index contributed by atoms with van der Waals surface area (Å²) in [6.07, 6.45) is 1.12. The second kappa shape index (κ2) is 6.41. The fourth-order valence-corrected chi connectivity index (χ4v) is 4.05. The number of amides is 1. The van der Waals surface area contributed by atoms with Crippen LogP contribution >= 0.6 is 0 Å². The van der Waals surface area contributed by atoms with Crippen LogP contribution in [0.4, 0.5) is 5.69 Å². The molecule has 0 spiro atoms. The van der Waals surface area contributed by atoms with Gasteiger partial charge in [0.2, 0.25) is 12.7 Å². The van der Waals surface area contributed by atoms with Gasteiger partial charge in [-0.2, -0.15) is 0 Å². The summed E-state index contributed by atoms with van der Waals surface area (Å²) >= 11 is 0. The van der Waals surface area contributed by atoms with E-state index in [1.54, 1.807) is 4.90 Å². The molecule has 1 atom stereocenters. The molecule has 1 unspecified atom stereocenters. The quantitative estimate of drug-likeness (QED) is 0.768. The van der Waals surface area contributed by atoms with Crippen LogP contribution < -0.4 is 14.4 Å². The van der Waals surface area contributed by atoms with E-state index in [2.05, 4.69) is 6.92 Å². The number of fused-ring (bicyclic) bond motifs is 1. The number of benzene rings is 2. The summed E-state index contributed by atoms with van der Waals surface area (Å²) in [5, 5.41) is 0. The van der Waals surface area contributed by atoms with Crippen LogP contribution in [0.25, 0.3) is 0 Å². The zero-order chi connectivity index (χ0) is 19.3. The Balaban J connectivity index is 1.57. The molecule has 28 heavy (non-hydrogen) atoms. The number of anilines is 1. The minimum atomic E-state index is -0.361. The number of ether oxygens (including phenoxy) is 3. The van der Waals surface area contributed by atoms with E-state index >= 15 is 0 Å². The van der Waals surface area contributed by atoms with Crippen molar-refractivity contribution in [2.75, 3.05) is 18.3 Å². The Hall–Kier alpha value is -3.28. The SMILES string of the molecule is CCc1ccc(N2C(=O)CC(c3ccc4c(c3)OCO4)C3=C2COC3=O)cc1. The van der Waals surface area contributed by atoms with Crippen molar-refractivity contribution in [2.45, 2.75) is 25.7 Å². The molecule has 0 N–H and O–H groups in total. The Morgan fingerprint density at radius 1 is 1.00 bits per heavy atom. The molecular weight excluding hydrogens is 358 g/mol. The highest BCUT2D eigenvalue weighted by Gasteiger charge is 2.43. The molecule has 5 rings (SSSR count). The number of esters is 1. The van der Waals surface area contributed by atoms with Crippen molar-refractivity contribution >= 4 is 17.6 Å². The van der Waals surface area contributed by atoms with E-state index in [4.69, 9.17) is 14.2 Å². The number of cyclic esters (lactones) is 1. The van der Waals surface area contributed by atoms with Crippen molar-refractivity contribution in [1.82, 2.24) is 0 Å². The monoisotopic (exact) mass is 377 g/mol. The van der Waals surface area contributed by atoms with Crippen LogP contribution in [0.3, 0.4) is 0 Å². The lowest BCUT2D eigenvalue weighted by atomic mass is 9.84. The lowest BCUT2D eigenvalue weighted by Crippen LogP contribution is -2.37. The molecule has 0 saturated carbocycles. The molecule has 3 aliphatic heterocycles. The zero-order valence-electron chi connectivity index (χ0n) is 15.4. The molecule has 2 aromatic rings. The predicted molar refractivity (Wildman–Crippen MR) is 101 cm³/mol. The average Bonchev–Trinajstić information content (AvgIpc) is 3.34. The third-order valence-corrected chi connectivity index (χ3v) is 5.52. The van der Waals surface area contributed by atoms with Gasteiger partial charge in [0.25, 0.3) is 0 Å². The molecule has 6 nitrogen and oxygen atoms in total. The van der Waals surface area contributed by atoms with Gasteiger partial charge in [-0.15, -0.1) is 0 Å². The van der Waals surface area contributed by atoms with E-state index in [-0.39, 0.29) is 37.6 Å². The van der Waals surface area contributed by atoms with Gasteiger partial charge in [0.15, 0.2) is 11.5 Å². The standard InChI is InChI=1S/C22H19NO5/c1-2-13-3-6-15(7-4-13)23-17-11-26-22(25)21(17)16(10-20(23)24)14-5-8-18-19(9-14)28-12-27-18/h3-9,16H,2,10-12H2,1H3. The summed E-state index contributed by atoms with van der Waals surface area (Å²) in [6, 6.07) is 13.4. The molecular formula is C22H19NO5. The molecule has 2 aromatic carbocycles. The first-order valence-corrected chi connectivity index (χ1v) is 9.37. The lowest BCUT2D eigenvalue weighted by molar-refractivity contribution is -0.136. The van der Waals surface area contributed by atoms with Crippen molar-refractivity contribution < 1.29 is 23.8 Å². The van der Waals surface area contributed by atoms with Gasteiger partial charge in [0, 0.05) is 18.0 Å². The maximum absolute atomic E-state index is 13.1. The van der Waals surface area contributed by atoms with Crippen molar-refractivity contribution in [2.24, 2.45) is 0 Å². The highest BCUT2D eigenvalue weighted by molar-refractivity contribution is 6.06. The molecule has 0 bridgehead atoms. The number of rotatable bonds is 3. The fourth-order valence-electron chi connectivity index (χ4n) is 4.05. The van der Waals surface area contributed by atoms with Crippen molar-refractivity contribution in [3.8, 4) is 11.5 Å².